The second kappa shape index (κ2) is 514. The van der Waals surface area contributed by atoms with E-state index in [1.165, 1.54) is 0 Å². The Bertz CT molecular complexity index is 37.8. The summed E-state index contributed by atoms with van der Waals surface area (Å²) in [7, 11) is 0. The standard InChI is InChI=1S/6CH2O.Li.H/c6*1-2;;/h6*1H2;;/q;;;;;;+1;-1. The van der Waals surface area contributed by atoms with Crippen LogP contribution in [-0.2, 0) is 28.8 Å². The van der Waals surface area contributed by atoms with Gasteiger partial charge < -0.3 is 30.2 Å². The van der Waals surface area contributed by atoms with Crippen molar-refractivity contribution in [2.75, 3.05) is 0 Å². The third-order valence-electron chi connectivity index (χ3n) is 0. The molecule has 0 amide bonds. The predicted octanol–water partition coefficient (Wildman–Crippen LogP) is -3.99. The van der Waals surface area contributed by atoms with Gasteiger partial charge in [-0.15, -0.1) is 0 Å². The first kappa shape index (κ1) is 61.4. The molecular weight excluding hydrogens is 175 g/mol. The first-order chi connectivity index (χ1) is 6.00. The molecule has 0 unspecified atom stereocenters. The van der Waals surface area contributed by atoms with Gasteiger partial charge in [0.1, 0.15) is 40.7 Å². The molecule has 0 rings (SSSR count). The maximum atomic E-state index is 8.00. The summed E-state index contributed by atoms with van der Waals surface area (Å²) in [5.74, 6) is 0. The average molecular weight is 188 g/mol. The Morgan fingerprint density at radius 3 is 0.385 bits per heavy atom. The molecule has 13 heavy (non-hydrogen) atoms. The van der Waals surface area contributed by atoms with Crippen LogP contribution < -0.4 is 18.9 Å². The summed E-state index contributed by atoms with van der Waals surface area (Å²) < 4.78 is 0. The van der Waals surface area contributed by atoms with Gasteiger partial charge in [-0.1, -0.05) is 0 Å². The third kappa shape index (κ3) is 412. The molecule has 0 bridgehead atoms. The molecule has 0 aromatic rings. The maximum Gasteiger partial charge on any atom is 1.00 e. The molecule has 74 valence electrons. The minimum absolute atomic E-state index is 0. The monoisotopic (exact) mass is 188 g/mol. The largest absolute Gasteiger partial charge is 1.00 e. The molecule has 0 aromatic heterocycles. The Morgan fingerprint density at radius 1 is 0.385 bits per heavy atom. The van der Waals surface area contributed by atoms with E-state index in [0.29, 0.717) is 0 Å². The Labute approximate surface area is 90.3 Å². The summed E-state index contributed by atoms with van der Waals surface area (Å²) in [6.07, 6.45) is 0. The SMILES string of the molecule is C=O.C=O.C=O.C=O.C=O.C=O.[H-].[Li+]. The van der Waals surface area contributed by atoms with E-state index in [2.05, 4.69) is 0 Å². The van der Waals surface area contributed by atoms with Crippen molar-refractivity contribution < 1.29 is 49.1 Å². The number of rotatable bonds is 0. The van der Waals surface area contributed by atoms with Crippen LogP contribution in [0.5, 0.6) is 0 Å². The molecule has 6 nitrogen and oxygen atoms in total. The second-order valence-electron chi connectivity index (χ2n) is 0. The van der Waals surface area contributed by atoms with Crippen LogP contribution in [0.2, 0.25) is 0 Å². The summed E-state index contributed by atoms with van der Waals surface area (Å²) in [6, 6.07) is 0. The summed E-state index contributed by atoms with van der Waals surface area (Å²) >= 11 is 0. The fourth-order valence-corrected chi connectivity index (χ4v) is 0. The molecule has 0 aliphatic heterocycles. The predicted molar refractivity (Wildman–Crippen MR) is 43.8 cm³/mol. The van der Waals surface area contributed by atoms with E-state index in [-0.39, 0.29) is 20.3 Å². The van der Waals surface area contributed by atoms with Crippen molar-refractivity contribution in [2.45, 2.75) is 0 Å². The first-order valence-corrected chi connectivity index (χ1v) is 1.73. The zero-order valence-corrected chi connectivity index (χ0v) is 7.69. The Kier molecular flexibility index (Phi) is 2430. The summed E-state index contributed by atoms with van der Waals surface area (Å²) in [5, 5.41) is 0. The fraction of sp³-hybridized carbons (Fsp3) is 0. The van der Waals surface area contributed by atoms with E-state index in [0.717, 1.165) is 0 Å². The zero-order chi connectivity index (χ0) is 12.0. The number of hydrogen-bond acceptors (Lipinski definition) is 6. The molecule has 0 aliphatic carbocycles. The molecule has 0 heterocycles. The van der Waals surface area contributed by atoms with Gasteiger partial charge in [0, 0.05) is 0 Å². The Morgan fingerprint density at radius 2 is 0.385 bits per heavy atom. The molecule has 0 N–H and O–H groups in total. The summed E-state index contributed by atoms with van der Waals surface area (Å²) in [4.78, 5) is 48.0. The molecule has 0 atom stereocenters. The van der Waals surface area contributed by atoms with Crippen LogP contribution in [0.25, 0.3) is 0 Å². The number of carbonyl (C=O) groups excluding carboxylic acids is 6. The van der Waals surface area contributed by atoms with Crippen LogP contribution in [0.3, 0.4) is 0 Å². The van der Waals surface area contributed by atoms with Crippen LogP contribution in [-0.4, -0.2) is 40.7 Å². The van der Waals surface area contributed by atoms with Crippen molar-refractivity contribution >= 4 is 40.7 Å². The van der Waals surface area contributed by atoms with Crippen LogP contribution in [0.4, 0.5) is 0 Å². The summed E-state index contributed by atoms with van der Waals surface area (Å²) in [6.45, 7) is 12.0. The van der Waals surface area contributed by atoms with Crippen LogP contribution >= 0.6 is 0 Å². The molecular formula is C6H13LiO6. The topological polar surface area (TPSA) is 102 Å². The van der Waals surface area contributed by atoms with E-state index in [1.54, 1.807) is 0 Å². The van der Waals surface area contributed by atoms with E-state index < -0.39 is 0 Å². The number of carbonyl (C=O) groups is 6. The van der Waals surface area contributed by atoms with Crippen molar-refractivity contribution in [3.05, 3.63) is 0 Å². The molecule has 0 aromatic carbocycles. The second-order valence-corrected chi connectivity index (χ2v) is 0. The first-order valence-electron chi connectivity index (χ1n) is 1.73. The Hall–Kier alpha value is -1.38. The van der Waals surface area contributed by atoms with E-state index in [1.807, 2.05) is 40.7 Å². The molecule has 0 spiro atoms. The normalized spacial score (nSPS) is 1.85. The minimum Gasteiger partial charge on any atom is -1.00 e. The molecule has 0 fully saturated rings. The van der Waals surface area contributed by atoms with E-state index in [9.17, 15) is 0 Å². The zero-order valence-electron chi connectivity index (χ0n) is 8.69. The quantitative estimate of drug-likeness (QED) is 0.359. The smallest absolute Gasteiger partial charge is 1.00 e. The third-order valence-corrected chi connectivity index (χ3v) is 0. The van der Waals surface area contributed by atoms with Gasteiger partial charge in [0.15, 0.2) is 0 Å². The van der Waals surface area contributed by atoms with Gasteiger partial charge >= 0.3 is 18.9 Å². The molecule has 0 aliphatic rings. The van der Waals surface area contributed by atoms with Crippen molar-refractivity contribution in [2.24, 2.45) is 0 Å². The van der Waals surface area contributed by atoms with Crippen LogP contribution in [0, 0.1) is 0 Å². The van der Waals surface area contributed by atoms with Gasteiger partial charge in [0.25, 0.3) is 0 Å². The van der Waals surface area contributed by atoms with Crippen molar-refractivity contribution in [1.82, 2.24) is 0 Å². The number of hydrogen-bond donors (Lipinski definition) is 0. The van der Waals surface area contributed by atoms with E-state index in [4.69, 9.17) is 28.8 Å². The minimum atomic E-state index is 0. The van der Waals surface area contributed by atoms with Crippen molar-refractivity contribution in [3.8, 4) is 0 Å². The maximum absolute atomic E-state index is 8.00. The van der Waals surface area contributed by atoms with Crippen molar-refractivity contribution in [3.63, 3.8) is 0 Å². The van der Waals surface area contributed by atoms with Gasteiger partial charge in [0.2, 0.25) is 0 Å². The molecule has 7 heteroatoms. The van der Waals surface area contributed by atoms with Gasteiger partial charge in [-0.05, 0) is 0 Å². The van der Waals surface area contributed by atoms with Gasteiger partial charge in [-0.3, -0.25) is 0 Å². The van der Waals surface area contributed by atoms with Gasteiger partial charge in [0.05, 0.1) is 0 Å². The van der Waals surface area contributed by atoms with Crippen molar-refractivity contribution in [1.29, 1.82) is 0 Å². The van der Waals surface area contributed by atoms with Gasteiger partial charge in [-0.25, -0.2) is 0 Å². The molecule has 0 saturated heterocycles. The van der Waals surface area contributed by atoms with Crippen LogP contribution in [0.1, 0.15) is 1.43 Å². The summed E-state index contributed by atoms with van der Waals surface area (Å²) in [5.41, 5.74) is 0. The Balaban J connectivity index is -0.00000000500. The molecule has 0 saturated carbocycles. The molecule has 0 radical (unpaired) electrons. The van der Waals surface area contributed by atoms with E-state index >= 15 is 0 Å². The average Bonchev–Trinajstić information content (AvgIpc) is 2.33. The fourth-order valence-electron chi connectivity index (χ4n) is 0. The van der Waals surface area contributed by atoms with Gasteiger partial charge in [-0.2, -0.15) is 0 Å². The van der Waals surface area contributed by atoms with Crippen LogP contribution in [0.15, 0.2) is 0 Å².